The molecule has 0 N–H and O–H groups in total. The summed E-state index contributed by atoms with van der Waals surface area (Å²) < 4.78 is 5.60. The summed E-state index contributed by atoms with van der Waals surface area (Å²) in [5, 5.41) is 0. The third-order valence-electron chi connectivity index (χ3n) is 4.51. The monoisotopic (exact) mass is 388 g/mol. The molecule has 1 aliphatic rings. The fraction of sp³-hybridized carbons (Fsp3) is 0.150. The van der Waals surface area contributed by atoms with Crippen LogP contribution < -0.4 is 4.74 Å². The Balaban J connectivity index is 0.00000121. The minimum Gasteiger partial charge on any atom is -0.426 e. The van der Waals surface area contributed by atoms with Gasteiger partial charge in [-0.1, -0.05) is 18.2 Å². The normalized spacial score (nSPS) is 13.8. The number of carbonyl (C=O) groups excluding carboxylic acids is 1. The topological polar surface area (TPSA) is 52.1 Å². The van der Waals surface area contributed by atoms with Crippen molar-refractivity contribution in [2.24, 2.45) is 0 Å². The van der Waals surface area contributed by atoms with Crippen LogP contribution in [-0.4, -0.2) is 15.9 Å². The van der Waals surface area contributed by atoms with Crippen molar-refractivity contribution in [3.8, 4) is 5.75 Å². The second-order valence-electron chi connectivity index (χ2n) is 6.03. The highest BCUT2D eigenvalue weighted by Crippen LogP contribution is 2.44. The standard InChI is InChI=1S/C20H16N2O2.2ClH/c23-19-20(13-15-5-9-21-10-6-15,14-16-7-11-22-12-8-16)17-3-1-2-4-18(17)24-19;;/h1-12H,13-14H2;2*1H. The summed E-state index contributed by atoms with van der Waals surface area (Å²) in [6.07, 6.45) is 8.16. The summed E-state index contributed by atoms with van der Waals surface area (Å²) in [6, 6.07) is 15.5. The Kier molecular flexibility index (Phi) is 6.35. The molecule has 0 spiro atoms. The SMILES string of the molecule is Cl.Cl.O=C1Oc2ccccc2C1(Cc1ccncc1)Cc1ccncc1. The van der Waals surface area contributed by atoms with Gasteiger partial charge in [-0.2, -0.15) is 0 Å². The van der Waals surface area contributed by atoms with E-state index in [2.05, 4.69) is 9.97 Å². The maximum Gasteiger partial charge on any atom is 0.322 e. The second-order valence-corrected chi connectivity index (χ2v) is 6.03. The maximum absolute atomic E-state index is 12.9. The molecule has 6 heteroatoms. The van der Waals surface area contributed by atoms with Crippen LogP contribution in [0.1, 0.15) is 16.7 Å². The zero-order valence-electron chi connectivity index (χ0n) is 13.9. The molecule has 0 saturated heterocycles. The first kappa shape index (κ1) is 19.9. The first-order valence-electron chi connectivity index (χ1n) is 7.87. The Morgan fingerprint density at radius 3 is 1.81 bits per heavy atom. The van der Waals surface area contributed by atoms with Gasteiger partial charge in [-0.15, -0.1) is 24.8 Å². The summed E-state index contributed by atoms with van der Waals surface area (Å²) in [5.74, 6) is 0.461. The minimum atomic E-state index is -0.723. The number of rotatable bonds is 4. The number of pyridine rings is 2. The Labute approximate surface area is 164 Å². The molecule has 0 unspecified atom stereocenters. The lowest BCUT2D eigenvalue weighted by Gasteiger charge is -2.26. The number of fused-ring (bicyclic) bond motifs is 1. The summed E-state index contributed by atoms with van der Waals surface area (Å²) in [4.78, 5) is 21.0. The van der Waals surface area contributed by atoms with Gasteiger partial charge in [0.2, 0.25) is 0 Å². The van der Waals surface area contributed by atoms with Crippen molar-refractivity contribution in [3.63, 3.8) is 0 Å². The van der Waals surface area contributed by atoms with Crippen LogP contribution in [-0.2, 0) is 23.1 Å². The van der Waals surface area contributed by atoms with Crippen LogP contribution in [0.3, 0.4) is 0 Å². The first-order chi connectivity index (χ1) is 11.8. The Hall–Kier alpha value is -2.43. The van der Waals surface area contributed by atoms with Gasteiger partial charge in [0.15, 0.2) is 0 Å². The van der Waals surface area contributed by atoms with Crippen molar-refractivity contribution in [2.75, 3.05) is 0 Å². The predicted octanol–water partition coefficient (Wildman–Crippen LogP) is 3.96. The van der Waals surface area contributed by atoms with Gasteiger partial charge < -0.3 is 4.74 Å². The number of halogens is 2. The lowest BCUT2D eigenvalue weighted by Crippen LogP contribution is -2.38. The molecule has 0 bridgehead atoms. The van der Waals surface area contributed by atoms with Crippen molar-refractivity contribution in [3.05, 3.63) is 90.0 Å². The largest absolute Gasteiger partial charge is 0.426 e. The van der Waals surface area contributed by atoms with Gasteiger partial charge in [0, 0.05) is 30.4 Å². The molecule has 0 atom stereocenters. The molecule has 3 heterocycles. The molecule has 4 rings (SSSR count). The smallest absolute Gasteiger partial charge is 0.322 e. The fourth-order valence-electron chi connectivity index (χ4n) is 3.35. The van der Waals surface area contributed by atoms with E-state index in [0.717, 1.165) is 16.7 Å². The molecule has 0 amide bonds. The van der Waals surface area contributed by atoms with Crippen LogP contribution in [0.5, 0.6) is 5.75 Å². The quantitative estimate of drug-likeness (QED) is 0.501. The number of para-hydroxylation sites is 1. The van der Waals surface area contributed by atoms with Gasteiger partial charge in [-0.3, -0.25) is 14.8 Å². The van der Waals surface area contributed by atoms with E-state index in [0.29, 0.717) is 18.6 Å². The first-order valence-corrected chi connectivity index (χ1v) is 7.87. The van der Waals surface area contributed by atoms with Crippen LogP contribution in [0.4, 0.5) is 0 Å². The minimum absolute atomic E-state index is 0. The highest BCUT2D eigenvalue weighted by molar-refractivity contribution is 5.91. The van der Waals surface area contributed by atoms with Crippen LogP contribution in [0.15, 0.2) is 73.3 Å². The highest BCUT2D eigenvalue weighted by Gasteiger charge is 2.48. The molecular formula is C20H18Cl2N2O2. The van der Waals surface area contributed by atoms with E-state index in [1.165, 1.54) is 0 Å². The van der Waals surface area contributed by atoms with E-state index in [9.17, 15) is 4.79 Å². The highest BCUT2D eigenvalue weighted by atomic mass is 35.5. The second kappa shape index (κ2) is 8.30. The van der Waals surface area contributed by atoms with Crippen LogP contribution >= 0.6 is 24.8 Å². The molecule has 0 aliphatic carbocycles. The predicted molar refractivity (Wildman–Crippen MR) is 104 cm³/mol. The number of nitrogens with zero attached hydrogens (tertiary/aromatic N) is 2. The zero-order chi connectivity index (χ0) is 16.4. The maximum atomic E-state index is 12.9. The average Bonchev–Trinajstić information content (AvgIpc) is 2.89. The molecule has 2 aromatic heterocycles. The number of hydrogen-bond donors (Lipinski definition) is 0. The summed E-state index contributed by atoms with van der Waals surface area (Å²) in [7, 11) is 0. The Bertz CT molecular complexity index is 832. The van der Waals surface area contributed by atoms with E-state index < -0.39 is 5.41 Å². The molecule has 1 aliphatic heterocycles. The zero-order valence-corrected chi connectivity index (χ0v) is 15.5. The van der Waals surface area contributed by atoms with Crippen molar-refractivity contribution >= 4 is 30.8 Å². The van der Waals surface area contributed by atoms with Crippen LogP contribution in [0.25, 0.3) is 0 Å². The molecule has 1 aromatic carbocycles. The number of esters is 1. The van der Waals surface area contributed by atoms with E-state index in [-0.39, 0.29) is 30.8 Å². The fourth-order valence-corrected chi connectivity index (χ4v) is 3.35. The van der Waals surface area contributed by atoms with Crippen LogP contribution in [0.2, 0.25) is 0 Å². The number of benzene rings is 1. The molecule has 0 fully saturated rings. The average molecular weight is 389 g/mol. The van der Waals surface area contributed by atoms with Crippen molar-refractivity contribution in [1.29, 1.82) is 0 Å². The molecule has 0 radical (unpaired) electrons. The number of ether oxygens (including phenoxy) is 1. The van der Waals surface area contributed by atoms with Gasteiger partial charge in [-0.05, 0) is 54.3 Å². The van der Waals surface area contributed by atoms with E-state index >= 15 is 0 Å². The Morgan fingerprint density at radius 2 is 1.27 bits per heavy atom. The number of aromatic nitrogens is 2. The molecule has 4 nitrogen and oxygen atoms in total. The third-order valence-corrected chi connectivity index (χ3v) is 4.51. The number of hydrogen-bond acceptors (Lipinski definition) is 4. The van der Waals surface area contributed by atoms with E-state index in [1.54, 1.807) is 24.8 Å². The van der Waals surface area contributed by atoms with Crippen molar-refractivity contribution in [1.82, 2.24) is 9.97 Å². The van der Waals surface area contributed by atoms with Gasteiger partial charge in [0.05, 0.1) is 0 Å². The summed E-state index contributed by atoms with van der Waals surface area (Å²) in [6.45, 7) is 0. The summed E-state index contributed by atoms with van der Waals surface area (Å²) >= 11 is 0. The van der Waals surface area contributed by atoms with E-state index in [4.69, 9.17) is 4.74 Å². The Morgan fingerprint density at radius 1 is 0.769 bits per heavy atom. The molecule has 134 valence electrons. The van der Waals surface area contributed by atoms with Gasteiger partial charge in [0.25, 0.3) is 0 Å². The summed E-state index contributed by atoms with van der Waals surface area (Å²) in [5.41, 5.74) is 2.35. The third kappa shape index (κ3) is 3.57. The van der Waals surface area contributed by atoms with Crippen molar-refractivity contribution in [2.45, 2.75) is 18.3 Å². The lowest BCUT2D eigenvalue weighted by atomic mass is 9.72. The number of carbonyl (C=O) groups is 1. The van der Waals surface area contributed by atoms with Crippen molar-refractivity contribution < 1.29 is 9.53 Å². The molecular weight excluding hydrogens is 371 g/mol. The molecule has 0 saturated carbocycles. The van der Waals surface area contributed by atoms with Gasteiger partial charge in [-0.25, -0.2) is 0 Å². The van der Waals surface area contributed by atoms with Gasteiger partial charge in [0.1, 0.15) is 11.2 Å². The van der Waals surface area contributed by atoms with Crippen LogP contribution in [0, 0.1) is 0 Å². The molecule has 3 aromatic rings. The van der Waals surface area contributed by atoms with Gasteiger partial charge >= 0.3 is 5.97 Å². The lowest BCUT2D eigenvalue weighted by molar-refractivity contribution is -0.138. The molecule has 26 heavy (non-hydrogen) atoms. The van der Waals surface area contributed by atoms with E-state index in [1.807, 2.05) is 48.5 Å².